The minimum atomic E-state index is -4.77. The van der Waals surface area contributed by atoms with E-state index in [-0.39, 0.29) is 28.8 Å². The van der Waals surface area contributed by atoms with Gasteiger partial charge in [-0.05, 0) is 24.3 Å². The number of hydrogen-bond acceptors (Lipinski definition) is 5. The second-order valence-electron chi connectivity index (χ2n) is 3.84. The molecular formula is C12H11F3N4O. The highest BCUT2D eigenvalue weighted by atomic mass is 19.4. The van der Waals surface area contributed by atoms with Crippen LogP contribution in [0.4, 0.5) is 36.2 Å². The number of alkyl halides is 3. The number of anilines is 4. The van der Waals surface area contributed by atoms with Crippen LogP contribution in [0.1, 0.15) is 0 Å². The van der Waals surface area contributed by atoms with Crippen LogP contribution in [0.15, 0.2) is 36.4 Å². The molecule has 20 heavy (non-hydrogen) atoms. The van der Waals surface area contributed by atoms with Gasteiger partial charge in [0.1, 0.15) is 11.6 Å². The van der Waals surface area contributed by atoms with Crippen molar-refractivity contribution in [2.24, 2.45) is 0 Å². The lowest BCUT2D eigenvalue weighted by Gasteiger charge is -2.14. The molecule has 0 atom stereocenters. The number of para-hydroxylation sites is 2. The highest BCUT2D eigenvalue weighted by Gasteiger charge is 2.32. The van der Waals surface area contributed by atoms with Crippen LogP contribution in [-0.2, 0) is 0 Å². The minimum absolute atomic E-state index is 0.0872. The maximum Gasteiger partial charge on any atom is 0.573 e. The van der Waals surface area contributed by atoms with Crippen molar-refractivity contribution in [2.75, 3.05) is 16.8 Å². The third-order valence-corrected chi connectivity index (χ3v) is 2.33. The van der Waals surface area contributed by atoms with Gasteiger partial charge in [0.05, 0.1) is 11.4 Å². The average molecular weight is 284 g/mol. The monoisotopic (exact) mass is 284 g/mol. The number of halogens is 3. The Morgan fingerprint density at radius 3 is 2.40 bits per heavy atom. The molecular weight excluding hydrogens is 273 g/mol. The Hall–Kier alpha value is -2.64. The van der Waals surface area contributed by atoms with E-state index in [1.54, 1.807) is 6.07 Å². The van der Waals surface area contributed by atoms with E-state index in [9.17, 15) is 13.2 Å². The fraction of sp³-hybridized carbons (Fsp3) is 0.0833. The van der Waals surface area contributed by atoms with Crippen molar-refractivity contribution in [2.45, 2.75) is 6.36 Å². The Morgan fingerprint density at radius 1 is 1.05 bits per heavy atom. The molecule has 5 N–H and O–H groups in total. The quantitative estimate of drug-likeness (QED) is 0.806. The molecule has 0 radical (unpaired) electrons. The van der Waals surface area contributed by atoms with Crippen molar-refractivity contribution in [3.8, 4) is 5.75 Å². The van der Waals surface area contributed by atoms with Crippen LogP contribution in [0.2, 0.25) is 0 Å². The molecule has 1 heterocycles. The summed E-state index contributed by atoms with van der Waals surface area (Å²) in [5, 5.41) is 2.69. The summed E-state index contributed by atoms with van der Waals surface area (Å²) in [4.78, 5) is 3.91. The normalized spacial score (nSPS) is 11.2. The van der Waals surface area contributed by atoms with E-state index in [2.05, 4.69) is 15.0 Å². The van der Waals surface area contributed by atoms with Gasteiger partial charge >= 0.3 is 6.36 Å². The van der Waals surface area contributed by atoms with Gasteiger partial charge in [-0.1, -0.05) is 12.1 Å². The highest BCUT2D eigenvalue weighted by Crippen LogP contribution is 2.32. The van der Waals surface area contributed by atoms with Gasteiger partial charge < -0.3 is 21.5 Å². The third kappa shape index (κ3) is 3.44. The molecule has 0 aliphatic rings. The molecule has 5 nitrogen and oxygen atoms in total. The number of ether oxygens (including phenoxy) is 1. The largest absolute Gasteiger partial charge is 0.573 e. The van der Waals surface area contributed by atoms with E-state index in [1.165, 1.54) is 30.3 Å². The number of rotatable bonds is 3. The Morgan fingerprint density at radius 2 is 1.75 bits per heavy atom. The molecule has 0 amide bonds. The van der Waals surface area contributed by atoms with Crippen LogP contribution < -0.4 is 21.5 Å². The number of nitrogens with one attached hydrogen (secondary N) is 1. The van der Waals surface area contributed by atoms with Gasteiger partial charge in [-0.3, -0.25) is 0 Å². The van der Waals surface area contributed by atoms with E-state index in [0.29, 0.717) is 0 Å². The molecule has 1 aromatic carbocycles. The third-order valence-electron chi connectivity index (χ3n) is 2.33. The van der Waals surface area contributed by atoms with Gasteiger partial charge in [0.2, 0.25) is 0 Å². The van der Waals surface area contributed by atoms with Crippen molar-refractivity contribution in [3.05, 3.63) is 36.4 Å². The SMILES string of the molecule is Nc1ccc(Nc2ccccc2OC(F)(F)F)nc1N. The topological polar surface area (TPSA) is 86.2 Å². The molecule has 8 heteroatoms. The van der Waals surface area contributed by atoms with Crippen LogP contribution >= 0.6 is 0 Å². The van der Waals surface area contributed by atoms with Gasteiger partial charge in [0.25, 0.3) is 0 Å². The molecule has 0 spiro atoms. The lowest BCUT2D eigenvalue weighted by Crippen LogP contribution is -2.17. The van der Waals surface area contributed by atoms with Gasteiger partial charge in [-0.2, -0.15) is 0 Å². The smallest absolute Gasteiger partial charge is 0.404 e. The molecule has 106 valence electrons. The zero-order chi connectivity index (χ0) is 14.8. The molecule has 2 rings (SSSR count). The summed E-state index contributed by atoms with van der Waals surface area (Å²) in [5.74, 6) is -0.0173. The number of nitrogens with zero attached hydrogens (tertiary/aromatic N) is 1. The first-order valence-electron chi connectivity index (χ1n) is 5.49. The van der Waals surface area contributed by atoms with Crippen LogP contribution in [0, 0.1) is 0 Å². The van der Waals surface area contributed by atoms with E-state index in [4.69, 9.17) is 11.5 Å². The maximum absolute atomic E-state index is 12.3. The number of pyridine rings is 1. The predicted molar refractivity (Wildman–Crippen MR) is 69.5 cm³/mol. The van der Waals surface area contributed by atoms with Crippen molar-refractivity contribution in [3.63, 3.8) is 0 Å². The lowest BCUT2D eigenvalue weighted by atomic mass is 10.3. The number of benzene rings is 1. The summed E-state index contributed by atoms with van der Waals surface area (Å²) in [7, 11) is 0. The summed E-state index contributed by atoms with van der Waals surface area (Å²) in [5.41, 5.74) is 11.4. The van der Waals surface area contributed by atoms with Gasteiger partial charge in [-0.25, -0.2) is 4.98 Å². The first-order chi connectivity index (χ1) is 9.35. The van der Waals surface area contributed by atoms with E-state index in [0.717, 1.165) is 0 Å². The summed E-state index contributed by atoms with van der Waals surface area (Å²) in [6.07, 6.45) is -4.77. The Balaban J connectivity index is 2.27. The summed E-state index contributed by atoms with van der Waals surface area (Å²) >= 11 is 0. The summed E-state index contributed by atoms with van der Waals surface area (Å²) < 4.78 is 40.7. The fourth-order valence-electron chi connectivity index (χ4n) is 1.48. The van der Waals surface area contributed by atoms with E-state index in [1.807, 2.05) is 0 Å². The maximum atomic E-state index is 12.3. The van der Waals surface area contributed by atoms with Crippen molar-refractivity contribution in [1.29, 1.82) is 0 Å². The highest BCUT2D eigenvalue weighted by molar-refractivity contribution is 5.68. The molecule has 0 aliphatic carbocycles. The van der Waals surface area contributed by atoms with Gasteiger partial charge in [-0.15, -0.1) is 13.2 Å². The number of hydrogen-bond donors (Lipinski definition) is 3. The second kappa shape index (κ2) is 5.16. The van der Waals surface area contributed by atoms with Crippen molar-refractivity contribution >= 4 is 23.0 Å². The molecule has 0 saturated carbocycles. The van der Waals surface area contributed by atoms with E-state index < -0.39 is 6.36 Å². The molecule has 0 bridgehead atoms. The summed E-state index contributed by atoms with van der Waals surface area (Å²) in [6.45, 7) is 0. The summed E-state index contributed by atoms with van der Waals surface area (Å²) in [6, 6.07) is 8.60. The standard InChI is InChI=1S/C12H11F3N4O/c13-12(14,15)20-9-4-2-1-3-8(9)18-10-6-5-7(16)11(17)19-10/h1-6H,16H2,(H3,17,18,19). The lowest BCUT2D eigenvalue weighted by molar-refractivity contribution is -0.274. The van der Waals surface area contributed by atoms with Crippen LogP contribution in [0.3, 0.4) is 0 Å². The molecule has 2 aromatic rings. The van der Waals surface area contributed by atoms with Gasteiger partial charge in [0, 0.05) is 0 Å². The van der Waals surface area contributed by atoms with Crippen LogP contribution in [-0.4, -0.2) is 11.3 Å². The van der Waals surface area contributed by atoms with Crippen molar-refractivity contribution in [1.82, 2.24) is 4.98 Å². The Kier molecular flexibility index (Phi) is 3.55. The zero-order valence-corrected chi connectivity index (χ0v) is 10.1. The number of aromatic nitrogens is 1. The van der Waals surface area contributed by atoms with Crippen LogP contribution in [0.25, 0.3) is 0 Å². The predicted octanol–water partition coefficient (Wildman–Crippen LogP) is 2.89. The molecule has 0 aliphatic heterocycles. The first kappa shape index (κ1) is 13.8. The number of nitrogen functional groups attached to an aromatic ring is 2. The minimum Gasteiger partial charge on any atom is -0.404 e. The fourth-order valence-corrected chi connectivity index (χ4v) is 1.48. The average Bonchev–Trinajstić information content (AvgIpc) is 2.34. The Labute approximate surface area is 112 Å². The molecule has 0 unspecified atom stereocenters. The molecule has 1 aromatic heterocycles. The second-order valence-corrected chi connectivity index (χ2v) is 3.84. The molecule has 0 fully saturated rings. The molecule has 0 saturated heterocycles. The van der Waals surface area contributed by atoms with Crippen molar-refractivity contribution < 1.29 is 17.9 Å². The Bertz CT molecular complexity index is 616. The number of nitrogens with two attached hydrogens (primary N) is 2. The zero-order valence-electron chi connectivity index (χ0n) is 10.1. The van der Waals surface area contributed by atoms with Gasteiger partial charge in [0.15, 0.2) is 5.75 Å². The van der Waals surface area contributed by atoms with Crippen LogP contribution in [0.5, 0.6) is 5.75 Å². The van der Waals surface area contributed by atoms with E-state index >= 15 is 0 Å². The first-order valence-corrected chi connectivity index (χ1v) is 5.49.